The fourth-order valence-electron chi connectivity index (χ4n) is 3.28. The van der Waals surface area contributed by atoms with Crippen LogP contribution in [0.4, 0.5) is 4.39 Å². The first-order chi connectivity index (χ1) is 16.4. The Kier molecular flexibility index (Phi) is 8.67. The number of nitrogens with one attached hydrogen (secondary N) is 1. The zero-order valence-electron chi connectivity index (χ0n) is 19.6. The fourth-order valence-corrected chi connectivity index (χ4v) is 3.28. The number of amides is 1. The molecule has 1 aromatic heterocycles. The summed E-state index contributed by atoms with van der Waals surface area (Å²) in [6.45, 7) is 6.42. The lowest BCUT2D eigenvalue weighted by atomic mass is 10.1. The summed E-state index contributed by atoms with van der Waals surface area (Å²) in [5.74, 6) is -1.66. The molecule has 1 atom stereocenters. The number of halogens is 1. The molecule has 1 N–H and O–H groups in total. The van der Waals surface area contributed by atoms with Gasteiger partial charge in [-0.05, 0) is 44.0 Å². The molecule has 8 heteroatoms. The average molecular weight is 465 g/mol. The highest BCUT2D eigenvalue weighted by Gasteiger charge is 2.18. The molecule has 34 heavy (non-hydrogen) atoms. The number of carbonyl (C=O) groups is 2. The van der Waals surface area contributed by atoms with Gasteiger partial charge in [0.15, 0.2) is 0 Å². The largest absolute Gasteiger partial charge is 0.456 e. The maximum absolute atomic E-state index is 14.3. The Morgan fingerprint density at radius 1 is 1.18 bits per heavy atom. The Bertz CT molecular complexity index is 1160. The van der Waals surface area contributed by atoms with E-state index < -0.39 is 17.7 Å². The van der Waals surface area contributed by atoms with E-state index in [2.05, 4.69) is 15.3 Å². The van der Waals surface area contributed by atoms with Crippen LogP contribution in [-0.2, 0) is 22.7 Å². The fraction of sp³-hybridized carbons (Fsp3) is 0.308. The van der Waals surface area contributed by atoms with Crippen molar-refractivity contribution in [3.05, 3.63) is 78.0 Å². The molecule has 3 rings (SSSR count). The minimum atomic E-state index is -0.601. The van der Waals surface area contributed by atoms with E-state index in [4.69, 9.17) is 4.74 Å². The summed E-state index contributed by atoms with van der Waals surface area (Å²) in [6, 6.07) is 13.3. The minimum Gasteiger partial charge on any atom is -0.456 e. The number of esters is 1. The zero-order chi connectivity index (χ0) is 24.5. The Morgan fingerprint density at radius 2 is 1.94 bits per heavy atom. The minimum absolute atomic E-state index is 0.103. The summed E-state index contributed by atoms with van der Waals surface area (Å²) >= 11 is 0. The smallest absolute Gasteiger partial charge is 0.354 e. The van der Waals surface area contributed by atoms with E-state index in [1.807, 2.05) is 55.7 Å². The monoisotopic (exact) mass is 464 g/mol. The van der Waals surface area contributed by atoms with Crippen molar-refractivity contribution < 1.29 is 18.7 Å². The SMILES string of the molecule is CCC(C)N=C(CNC(=O)c1cc(F)cc(-c2cncn2CC)c1)C(=O)OCc1ccccc1. The molecule has 0 saturated heterocycles. The molecule has 3 aromatic rings. The Morgan fingerprint density at radius 3 is 2.65 bits per heavy atom. The summed E-state index contributed by atoms with van der Waals surface area (Å²) in [7, 11) is 0. The third-order valence-electron chi connectivity index (χ3n) is 5.34. The van der Waals surface area contributed by atoms with Crippen LogP contribution >= 0.6 is 0 Å². The molecule has 0 aliphatic rings. The van der Waals surface area contributed by atoms with Gasteiger partial charge in [0.2, 0.25) is 0 Å². The van der Waals surface area contributed by atoms with Gasteiger partial charge in [-0.2, -0.15) is 0 Å². The molecule has 2 aromatic carbocycles. The summed E-state index contributed by atoms with van der Waals surface area (Å²) < 4.78 is 21.6. The van der Waals surface area contributed by atoms with E-state index in [1.54, 1.807) is 18.6 Å². The number of aryl methyl sites for hydroxylation is 1. The second-order valence-electron chi connectivity index (χ2n) is 7.87. The van der Waals surface area contributed by atoms with Gasteiger partial charge in [-0.25, -0.2) is 14.2 Å². The lowest BCUT2D eigenvalue weighted by Crippen LogP contribution is -2.35. The Balaban J connectivity index is 1.73. The second-order valence-corrected chi connectivity index (χ2v) is 7.87. The number of ether oxygens (including phenoxy) is 1. The van der Waals surface area contributed by atoms with Crippen molar-refractivity contribution in [1.82, 2.24) is 14.9 Å². The van der Waals surface area contributed by atoms with Crippen molar-refractivity contribution in [2.24, 2.45) is 4.99 Å². The van der Waals surface area contributed by atoms with Crippen molar-refractivity contribution in [3.8, 4) is 11.3 Å². The predicted molar refractivity (Wildman–Crippen MR) is 129 cm³/mol. The molecular weight excluding hydrogens is 435 g/mol. The molecule has 7 nitrogen and oxygen atoms in total. The molecule has 1 amide bonds. The first-order valence-corrected chi connectivity index (χ1v) is 11.3. The molecule has 0 fully saturated rings. The highest BCUT2D eigenvalue weighted by molar-refractivity contribution is 6.37. The standard InChI is InChI=1S/C26H29FN4O3/c1-4-18(3)30-23(26(33)34-16-19-9-7-6-8-10-19)14-29-25(32)21-11-20(12-22(27)13-21)24-15-28-17-31(24)5-2/h6-13,15,17-18H,4-5,14,16H2,1-3H3,(H,29,32). The van der Waals surface area contributed by atoms with Gasteiger partial charge in [-0.3, -0.25) is 9.79 Å². The molecule has 0 saturated carbocycles. The molecular formula is C26H29FN4O3. The van der Waals surface area contributed by atoms with Gasteiger partial charge < -0.3 is 14.6 Å². The molecule has 0 aliphatic heterocycles. The molecule has 0 aliphatic carbocycles. The van der Waals surface area contributed by atoms with Gasteiger partial charge >= 0.3 is 5.97 Å². The van der Waals surface area contributed by atoms with Crippen LogP contribution in [0.25, 0.3) is 11.3 Å². The van der Waals surface area contributed by atoms with Crippen LogP contribution in [-0.4, -0.2) is 39.7 Å². The maximum Gasteiger partial charge on any atom is 0.354 e. The predicted octanol–water partition coefficient (Wildman–Crippen LogP) is 4.42. The number of hydrogen-bond donors (Lipinski definition) is 1. The zero-order valence-corrected chi connectivity index (χ0v) is 19.6. The molecule has 1 heterocycles. The van der Waals surface area contributed by atoms with Crippen LogP contribution in [0.5, 0.6) is 0 Å². The van der Waals surface area contributed by atoms with Crippen LogP contribution in [0.15, 0.2) is 66.0 Å². The van der Waals surface area contributed by atoms with Gasteiger partial charge in [0.25, 0.3) is 5.91 Å². The van der Waals surface area contributed by atoms with Crippen LogP contribution < -0.4 is 5.32 Å². The van der Waals surface area contributed by atoms with Crippen LogP contribution in [0.3, 0.4) is 0 Å². The molecule has 0 spiro atoms. The van der Waals surface area contributed by atoms with Crippen LogP contribution in [0, 0.1) is 5.82 Å². The lowest BCUT2D eigenvalue weighted by molar-refractivity contribution is -0.136. The molecule has 178 valence electrons. The quantitative estimate of drug-likeness (QED) is 0.356. The number of rotatable bonds is 10. The Labute approximate surface area is 198 Å². The van der Waals surface area contributed by atoms with Crippen molar-refractivity contribution in [2.45, 2.75) is 46.4 Å². The van der Waals surface area contributed by atoms with Gasteiger partial charge in [-0.1, -0.05) is 37.3 Å². The summed E-state index contributed by atoms with van der Waals surface area (Å²) in [5.41, 5.74) is 2.35. The van der Waals surface area contributed by atoms with E-state index in [9.17, 15) is 14.0 Å². The van der Waals surface area contributed by atoms with Gasteiger partial charge in [0, 0.05) is 23.7 Å². The number of aliphatic imine (C=N–C) groups is 1. The summed E-state index contributed by atoms with van der Waals surface area (Å²) in [4.78, 5) is 34.0. The van der Waals surface area contributed by atoms with E-state index in [-0.39, 0.29) is 30.5 Å². The van der Waals surface area contributed by atoms with E-state index >= 15 is 0 Å². The van der Waals surface area contributed by atoms with Crippen molar-refractivity contribution in [1.29, 1.82) is 0 Å². The highest BCUT2D eigenvalue weighted by atomic mass is 19.1. The number of aromatic nitrogens is 2. The summed E-state index contributed by atoms with van der Waals surface area (Å²) in [5, 5.41) is 2.68. The van der Waals surface area contributed by atoms with Crippen LogP contribution in [0.1, 0.15) is 43.1 Å². The third kappa shape index (κ3) is 6.60. The number of imidazole rings is 1. The van der Waals surface area contributed by atoms with Crippen molar-refractivity contribution in [2.75, 3.05) is 6.54 Å². The molecule has 1 unspecified atom stereocenters. The van der Waals surface area contributed by atoms with E-state index in [0.717, 1.165) is 18.1 Å². The number of benzene rings is 2. The van der Waals surface area contributed by atoms with Crippen molar-refractivity contribution >= 4 is 17.6 Å². The van der Waals surface area contributed by atoms with Gasteiger partial charge in [0.05, 0.1) is 24.8 Å². The first-order valence-electron chi connectivity index (χ1n) is 11.3. The first kappa shape index (κ1) is 24.8. The maximum atomic E-state index is 14.3. The number of nitrogens with zero attached hydrogens (tertiary/aromatic N) is 3. The topological polar surface area (TPSA) is 85.6 Å². The van der Waals surface area contributed by atoms with E-state index in [0.29, 0.717) is 17.8 Å². The molecule has 0 bridgehead atoms. The number of carbonyl (C=O) groups excluding carboxylic acids is 2. The third-order valence-corrected chi connectivity index (χ3v) is 5.34. The van der Waals surface area contributed by atoms with Crippen LogP contribution in [0.2, 0.25) is 0 Å². The van der Waals surface area contributed by atoms with Gasteiger partial charge in [-0.15, -0.1) is 0 Å². The Hall–Kier alpha value is -3.81. The summed E-state index contributed by atoms with van der Waals surface area (Å²) in [6.07, 6.45) is 4.00. The normalized spacial score (nSPS) is 12.3. The molecule has 0 radical (unpaired) electrons. The average Bonchev–Trinajstić information content (AvgIpc) is 3.34. The second kappa shape index (κ2) is 11.9. The lowest BCUT2D eigenvalue weighted by Gasteiger charge is -2.12. The van der Waals surface area contributed by atoms with Crippen molar-refractivity contribution in [3.63, 3.8) is 0 Å². The number of hydrogen-bond acceptors (Lipinski definition) is 5. The van der Waals surface area contributed by atoms with Gasteiger partial charge in [0.1, 0.15) is 18.1 Å². The van der Waals surface area contributed by atoms with E-state index in [1.165, 1.54) is 6.07 Å². The highest BCUT2D eigenvalue weighted by Crippen LogP contribution is 2.22.